The van der Waals surface area contributed by atoms with Crippen LogP contribution in [-0.4, -0.2) is 26.9 Å². The molecule has 1 heterocycles. The number of aryl methyl sites for hydroxylation is 1. The average Bonchev–Trinajstić information content (AvgIpc) is 2.91. The van der Waals surface area contributed by atoms with Gasteiger partial charge in [-0.1, -0.05) is 18.2 Å². The van der Waals surface area contributed by atoms with Gasteiger partial charge in [0.25, 0.3) is 0 Å². The number of hydrogen-bond acceptors (Lipinski definition) is 3. The predicted molar refractivity (Wildman–Crippen MR) is 88.7 cm³/mol. The Bertz CT molecular complexity index is 869. The van der Waals surface area contributed by atoms with Crippen molar-refractivity contribution in [1.82, 2.24) is 4.72 Å². The van der Waals surface area contributed by atoms with Gasteiger partial charge in [0.05, 0.1) is 4.90 Å². The van der Waals surface area contributed by atoms with Gasteiger partial charge < -0.3 is 4.90 Å². The fourth-order valence-electron chi connectivity index (χ4n) is 2.69. The highest BCUT2D eigenvalue weighted by molar-refractivity contribution is 7.89. The van der Waals surface area contributed by atoms with Gasteiger partial charge in [0.2, 0.25) is 15.9 Å². The zero-order chi connectivity index (χ0) is 17.3. The number of carbonyl (C=O) groups is 1. The summed E-state index contributed by atoms with van der Waals surface area (Å²) < 4.78 is 40.6. The Morgan fingerprint density at radius 1 is 1.17 bits per heavy atom. The van der Waals surface area contributed by atoms with E-state index in [-0.39, 0.29) is 16.4 Å². The minimum absolute atomic E-state index is 0.0487. The van der Waals surface area contributed by atoms with Crippen LogP contribution in [0, 0.1) is 12.7 Å². The van der Waals surface area contributed by atoms with Gasteiger partial charge in [0, 0.05) is 12.2 Å². The van der Waals surface area contributed by atoms with E-state index in [0.29, 0.717) is 13.0 Å². The second kappa shape index (κ2) is 6.33. The number of amides is 1. The maximum Gasteiger partial charge on any atom is 0.245 e. The van der Waals surface area contributed by atoms with Crippen molar-refractivity contribution in [1.29, 1.82) is 0 Å². The highest BCUT2D eigenvalue weighted by Gasteiger charge is 2.35. The van der Waals surface area contributed by atoms with E-state index in [1.165, 1.54) is 19.1 Å². The number of nitrogens with one attached hydrogen (secondary N) is 1. The number of hydrogen-bond donors (Lipinski definition) is 1. The normalized spacial score (nSPS) is 18.2. The second-order valence-corrected chi connectivity index (χ2v) is 7.41. The van der Waals surface area contributed by atoms with Crippen LogP contribution in [0.25, 0.3) is 0 Å². The first-order valence-electron chi connectivity index (χ1n) is 7.53. The molecule has 1 saturated heterocycles. The molecule has 1 atom stereocenters. The molecule has 1 aliphatic rings. The Morgan fingerprint density at radius 2 is 1.88 bits per heavy atom. The summed E-state index contributed by atoms with van der Waals surface area (Å²) >= 11 is 0. The van der Waals surface area contributed by atoms with E-state index >= 15 is 0 Å². The topological polar surface area (TPSA) is 66.5 Å². The van der Waals surface area contributed by atoms with E-state index in [1.807, 2.05) is 18.2 Å². The molecule has 0 spiro atoms. The van der Waals surface area contributed by atoms with Crippen LogP contribution in [0.1, 0.15) is 12.0 Å². The minimum atomic E-state index is -3.89. The van der Waals surface area contributed by atoms with Crippen molar-refractivity contribution in [3.8, 4) is 0 Å². The first-order chi connectivity index (χ1) is 11.4. The van der Waals surface area contributed by atoms with Gasteiger partial charge in [0.15, 0.2) is 0 Å². The lowest BCUT2D eigenvalue weighted by Gasteiger charge is -2.17. The van der Waals surface area contributed by atoms with E-state index in [4.69, 9.17) is 0 Å². The largest absolute Gasteiger partial charge is 0.311 e. The molecule has 0 aliphatic carbocycles. The molecule has 24 heavy (non-hydrogen) atoms. The van der Waals surface area contributed by atoms with Gasteiger partial charge in [-0.2, -0.15) is 4.72 Å². The van der Waals surface area contributed by atoms with E-state index in [1.54, 1.807) is 17.0 Å². The summed E-state index contributed by atoms with van der Waals surface area (Å²) in [6, 6.07) is 11.8. The second-order valence-electron chi connectivity index (χ2n) is 5.70. The van der Waals surface area contributed by atoms with Gasteiger partial charge in [-0.15, -0.1) is 0 Å². The van der Waals surface area contributed by atoms with Crippen molar-refractivity contribution in [2.24, 2.45) is 0 Å². The molecule has 0 aromatic heterocycles. The number of para-hydroxylation sites is 1. The van der Waals surface area contributed by atoms with Gasteiger partial charge in [0.1, 0.15) is 11.9 Å². The third-order valence-electron chi connectivity index (χ3n) is 4.01. The van der Waals surface area contributed by atoms with Gasteiger partial charge in [-0.25, -0.2) is 12.8 Å². The standard InChI is InChI=1S/C17H17FN2O3S/c1-12-11-14(7-8-15(12)18)24(22,23)19-16-9-10-20(17(16)21)13-5-3-2-4-6-13/h2-8,11,16,19H,9-10H2,1H3. The van der Waals surface area contributed by atoms with E-state index in [9.17, 15) is 17.6 Å². The summed E-state index contributed by atoms with van der Waals surface area (Å²) in [7, 11) is -3.89. The molecular weight excluding hydrogens is 331 g/mol. The Balaban J connectivity index is 1.78. The van der Waals surface area contributed by atoms with Crippen LogP contribution in [0.2, 0.25) is 0 Å². The Labute approximate surface area is 140 Å². The molecule has 0 radical (unpaired) electrons. The fourth-order valence-corrected chi connectivity index (χ4v) is 4.00. The van der Waals surface area contributed by atoms with Crippen molar-refractivity contribution in [2.75, 3.05) is 11.4 Å². The number of nitrogens with zero attached hydrogens (tertiary/aromatic N) is 1. The fraction of sp³-hybridized carbons (Fsp3) is 0.235. The smallest absolute Gasteiger partial charge is 0.245 e. The molecule has 1 N–H and O–H groups in total. The van der Waals surface area contributed by atoms with Crippen LogP contribution >= 0.6 is 0 Å². The van der Waals surface area contributed by atoms with Crippen LogP contribution < -0.4 is 9.62 Å². The number of halogens is 1. The van der Waals surface area contributed by atoms with Crippen molar-refractivity contribution in [2.45, 2.75) is 24.3 Å². The highest BCUT2D eigenvalue weighted by Crippen LogP contribution is 2.22. The molecule has 5 nitrogen and oxygen atoms in total. The van der Waals surface area contributed by atoms with Crippen LogP contribution in [-0.2, 0) is 14.8 Å². The summed E-state index contributed by atoms with van der Waals surface area (Å²) in [6.45, 7) is 1.94. The van der Waals surface area contributed by atoms with Crippen LogP contribution in [0.3, 0.4) is 0 Å². The summed E-state index contributed by atoms with van der Waals surface area (Å²) in [6.07, 6.45) is 0.382. The lowest BCUT2D eigenvalue weighted by molar-refractivity contribution is -0.118. The molecule has 2 aromatic rings. The predicted octanol–water partition coefficient (Wildman–Crippen LogP) is 2.22. The third-order valence-corrected chi connectivity index (χ3v) is 5.48. The number of benzene rings is 2. The van der Waals surface area contributed by atoms with Crippen molar-refractivity contribution in [3.63, 3.8) is 0 Å². The van der Waals surface area contributed by atoms with Crippen molar-refractivity contribution in [3.05, 3.63) is 59.9 Å². The zero-order valence-electron chi connectivity index (χ0n) is 13.1. The Morgan fingerprint density at radius 3 is 2.54 bits per heavy atom. The molecule has 0 saturated carbocycles. The molecule has 2 aromatic carbocycles. The first-order valence-corrected chi connectivity index (χ1v) is 9.02. The monoisotopic (exact) mass is 348 g/mol. The lowest BCUT2D eigenvalue weighted by atomic mass is 10.2. The van der Waals surface area contributed by atoms with Gasteiger partial charge >= 0.3 is 0 Å². The molecule has 0 bridgehead atoms. The molecule has 7 heteroatoms. The van der Waals surface area contributed by atoms with E-state index in [0.717, 1.165) is 11.8 Å². The third kappa shape index (κ3) is 3.18. The first kappa shape index (κ1) is 16.6. The molecule has 1 amide bonds. The number of anilines is 1. The summed E-state index contributed by atoms with van der Waals surface area (Å²) in [4.78, 5) is 14.0. The maximum atomic E-state index is 13.3. The quantitative estimate of drug-likeness (QED) is 0.921. The Hall–Kier alpha value is -2.25. The molecular formula is C17H17FN2O3S. The lowest BCUT2D eigenvalue weighted by Crippen LogP contribution is -2.41. The Kier molecular flexibility index (Phi) is 4.38. The van der Waals surface area contributed by atoms with Gasteiger partial charge in [-0.05, 0) is 49.2 Å². The van der Waals surface area contributed by atoms with Crippen LogP contribution in [0.15, 0.2) is 53.4 Å². The molecule has 1 fully saturated rings. The summed E-state index contributed by atoms with van der Waals surface area (Å²) in [5.74, 6) is -0.759. The number of rotatable bonds is 4. The van der Waals surface area contributed by atoms with Crippen molar-refractivity contribution >= 4 is 21.6 Å². The molecule has 3 rings (SSSR count). The molecule has 1 unspecified atom stereocenters. The SMILES string of the molecule is Cc1cc(S(=O)(=O)NC2CCN(c3ccccc3)C2=O)ccc1F. The van der Waals surface area contributed by atoms with Crippen molar-refractivity contribution < 1.29 is 17.6 Å². The highest BCUT2D eigenvalue weighted by atomic mass is 32.2. The zero-order valence-corrected chi connectivity index (χ0v) is 13.9. The molecule has 126 valence electrons. The average molecular weight is 348 g/mol. The van der Waals surface area contributed by atoms with Gasteiger partial charge in [-0.3, -0.25) is 4.79 Å². The maximum absolute atomic E-state index is 13.3. The van der Waals surface area contributed by atoms with E-state index in [2.05, 4.69) is 4.72 Å². The van der Waals surface area contributed by atoms with Crippen LogP contribution in [0.5, 0.6) is 0 Å². The summed E-state index contributed by atoms with van der Waals surface area (Å²) in [5, 5.41) is 0. The minimum Gasteiger partial charge on any atom is -0.311 e. The van der Waals surface area contributed by atoms with E-state index < -0.39 is 21.9 Å². The number of carbonyl (C=O) groups excluding carboxylic acids is 1. The number of sulfonamides is 1. The summed E-state index contributed by atoms with van der Waals surface area (Å²) in [5.41, 5.74) is 0.975. The van der Waals surface area contributed by atoms with Crippen LogP contribution in [0.4, 0.5) is 10.1 Å². The molecule has 1 aliphatic heterocycles.